The van der Waals surface area contributed by atoms with Crippen LogP contribution in [0.1, 0.15) is 39.0 Å². The zero-order chi connectivity index (χ0) is 12.5. The molecule has 0 saturated carbocycles. The molecule has 0 unspecified atom stereocenters. The molecule has 1 fully saturated rings. The number of nitrogens with one attached hydrogen (secondary N) is 1. The van der Waals surface area contributed by atoms with Crippen LogP contribution in [0.15, 0.2) is 0 Å². The highest BCUT2D eigenvalue weighted by Crippen LogP contribution is 2.13. The predicted molar refractivity (Wildman–Crippen MR) is 82.8 cm³/mol. The first kappa shape index (κ1) is 18.1. The van der Waals surface area contributed by atoms with Gasteiger partial charge in [-0.15, -0.1) is 12.4 Å². The molecular formula is C13H27ClN2OS. The Hall–Kier alpha value is 0.0700. The summed E-state index contributed by atoms with van der Waals surface area (Å²) in [6.07, 6.45) is 5.42. The van der Waals surface area contributed by atoms with E-state index in [2.05, 4.69) is 12.2 Å². The van der Waals surface area contributed by atoms with Gasteiger partial charge in [0, 0.05) is 25.3 Å². The second kappa shape index (κ2) is 10.9. The largest absolute Gasteiger partial charge is 0.343 e. The summed E-state index contributed by atoms with van der Waals surface area (Å²) >= 11 is 1.91. The molecule has 3 nitrogen and oxygen atoms in total. The molecule has 0 radical (unpaired) electrons. The van der Waals surface area contributed by atoms with Gasteiger partial charge in [0.1, 0.15) is 0 Å². The minimum Gasteiger partial charge on any atom is -0.343 e. The number of hydrogen-bond acceptors (Lipinski definition) is 3. The maximum atomic E-state index is 12.0. The molecule has 108 valence electrons. The van der Waals surface area contributed by atoms with Gasteiger partial charge in [-0.05, 0) is 38.1 Å². The molecule has 1 saturated heterocycles. The smallest absolute Gasteiger partial charge is 0.223 e. The highest BCUT2D eigenvalue weighted by Gasteiger charge is 2.21. The Morgan fingerprint density at radius 3 is 2.61 bits per heavy atom. The van der Waals surface area contributed by atoms with Crippen molar-refractivity contribution in [2.75, 3.05) is 31.6 Å². The topological polar surface area (TPSA) is 32.3 Å². The zero-order valence-corrected chi connectivity index (χ0v) is 13.2. The molecule has 0 aromatic heterocycles. The summed E-state index contributed by atoms with van der Waals surface area (Å²) in [5.41, 5.74) is 0. The van der Waals surface area contributed by atoms with E-state index in [9.17, 15) is 4.79 Å². The molecule has 0 aromatic carbocycles. The lowest BCUT2D eigenvalue weighted by molar-refractivity contribution is -0.131. The first-order valence-corrected chi connectivity index (χ1v) is 7.95. The SMILES string of the molecule is CCCCSCCC(=O)N(C)C1CCNCC1.Cl. The van der Waals surface area contributed by atoms with Crippen LogP contribution in [0.5, 0.6) is 0 Å². The number of rotatable bonds is 7. The Morgan fingerprint density at radius 1 is 1.33 bits per heavy atom. The lowest BCUT2D eigenvalue weighted by atomic mass is 10.1. The highest BCUT2D eigenvalue weighted by atomic mass is 35.5. The van der Waals surface area contributed by atoms with E-state index in [-0.39, 0.29) is 12.4 Å². The summed E-state index contributed by atoms with van der Waals surface area (Å²) < 4.78 is 0. The summed E-state index contributed by atoms with van der Waals surface area (Å²) in [4.78, 5) is 13.9. The van der Waals surface area contributed by atoms with Gasteiger partial charge in [-0.2, -0.15) is 11.8 Å². The molecule has 0 aliphatic carbocycles. The van der Waals surface area contributed by atoms with Crippen LogP contribution in [0.4, 0.5) is 0 Å². The third-order valence-corrected chi connectivity index (χ3v) is 4.42. The van der Waals surface area contributed by atoms with Crippen molar-refractivity contribution in [3.63, 3.8) is 0 Å². The standard InChI is InChI=1S/C13H26N2OS.ClH/c1-3-4-10-17-11-7-13(16)15(2)12-5-8-14-9-6-12;/h12,14H,3-11H2,1-2H3;1H. The number of carbonyl (C=O) groups is 1. The highest BCUT2D eigenvalue weighted by molar-refractivity contribution is 7.99. The van der Waals surface area contributed by atoms with Crippen molar-refractivity contribution in [3.8, 4) is 0 Å². The van der Waals surface area contributed by atoms with E-state index >= 15 is 0 Å². The average molecular weight is 295 g/mol. The van der Waals surface area contributed by atoms with Crippen LogP contribution >= 0.6 is 24.2 Å². The molecule has 1 amide bonds. The fourth-order valence-electron chi connectivity index (χ4n) is 2.08. The van der Waals surface area contributed by atoms with Gasteiger partial charge in [-0.1, -0.05) is 13.3 Å². The average Bonchev–Trinajstić information content (AvgIpc) is 2.38. The minimum atomic E-state index is 0. The van der Waals surface area contributed by atoms with Gasteiger partial charge in [0.15, 0.2) is 0 Å². The van der Waals surface area contributed by atoms with Crippen molar-refractivity contribution < 1.29 is 4.79 Å². The van der Waals surface area contributed by atoms with Crippen LogP contribution in [0.25, 0.3) is 0 Å². The van der Waals surface area contributed by atoms with Crippen molar-refractivity contribution in [2.24, 2.45) is 0 Å². The predicted octanol–water partition coefficient (Wildman–Crippen LogP) is 2.54. The molecule has 18 heavy (non-hydrogen) atoms. The lowest BCUT2D eigenvalue weighted by Gasteiger charge is -2.31. The van der Waals surface area contributed by atoms with E-state index in [1.165, 1.54) is 18.6 Å². The quantitative estimate of drug-likeness (QED) is 0.733. The Bertz CT molecular complexity index is 223. The number of hydrogen-bond donors (Lipinski definition) is 1. The van der Waals surface area contributed by atoms with Gasteiger partial charge in [0.05, 0.1) is 0 Å². The van der Waals surface area contributed by atoms with Crippen molar-refractivity contribution in [1.29, 1.82) is 0 Å². The first-order valence-electron chi connectivity index (χ1n) is 6.79. The van der Waals surface area contributed by atoms with Gasteiger partial charge >= 0.3 is 0 Å². The number of carbonyl (C=O) groups excluding carboxylic acids is 1. The van der Waals surface area contributed by atoms with Crippen molar-refractivity contribution in [1.82, 2.24) is 10.2 Å². The molecule has 1 heterocycles. The fraction of sp³-hybridized carbons (Fsp3) is 0.923. The van der Waals surface area contributed by atoms with E-state index in [4.69, 9.17) is 0 Å². The van der Waals surface area contributed by atoms with Crippen LogP contribution in [0, 0.1) is 0 Å². The van der Waals surface area contributed by atoms with Crippen molar-refractivity contribution in [3.05, 3.63) is 0 Å². The molecule has 0 spiro atoms. The molecule has 1 aliphatic heterocycles. The lowest BCUT2D eigenvalue weighted by Crippen LogP contribution is -2.44. The van der Waals surface area contributed by atoms with E-state index in [1.54, 1.807) is 0 Å². The summed E-state index contributed by atoms with van der Waals surface area (Å²) in [6.45, 7) is 4.30. The molecule has 5 heteroatoms. The van der Waals surface area contributed by atoms with Gasteiger partial charge in [-0.25, -0.2) is 0 Å². The van der Waals surface area contributed by atoms with E-state index in [0.717, 1.165) is 31.7 Å². The minimum absolute atomic E-state index is 0. The van der Waals surface area contributed by atoms with E-state index < -0.39 is 0 Å². The van der Waals surface area contributed by atoms with E-state index in [0.29, 0.717) is 18.4 Å². The van der Waals surface area contributed by atoms with Crippen LogP contribution in [0.2, 0.25) is 0 Å². The molecule has 0 aromatic rings. The first-order chi connectivity index (χ1) is 8.25. The van der Waals surface area contributed by atoms with Gasteiger partial charge < -0.3 is 10.2 Å². The number of unbranched alkanes of at least 4 members (excludes halogenated alkanes) is 1. The van der Waals surface area contributed by atoms with Crippen LogP contribution in [0.3, 0.4) is 0 Å². The summed E-state index contributed by atoms with van der Waals surface area (Å²) in [5.74, 6) is 2.50. The van der Waals surface area contributed by atoms with Crippen LogP contribution in [-0.2, 0) is 4.79 Å². The molecule has 1 rings (SSSR count). The molecule has 0 bridgehead atoms. The summed E-state index contributed by atoms with van der Waals surface area (Å²) in [5, 5.41) is 3.33. The number of amides is 1. The monoisotopic (exact) mass is 294 g/mol. The second-order valence-corrected chi connectivity index (χ2v) is 5.93. The number of nitrogens with zero attached hydrogens (tertiary/aromatic N) is 1. The van der Waals surface area contributed by atoms with Crippen LogP contribution < -0.4 is 5.32 Å². The Kier molecular flexibility index (Phi) is 11.0. The normalized spacial score (nSPS) is 16.1. The zero-order valence-electron chi connectivity index (χ0n) is 11.6. The summed E-state index contributed by atoms with van der Waals surface area (Å²) in [6, 6.07) is 0.462. The second-order valence-electron chi connectivity index (χ2n) is 4.70. The number of thioether (sulfide) groups is 1. The number of piperidine rings is 1. The number of halogens is 1. The molecule has 0 atom stereocenters. The fourth-order valence-corrected chi connectivity index (χ4v) is 3.10. The third-order valence-electron chi connectivity index (χ3n) is 3.35. The van der Waals surface area contributed by atoms with Crippen molar-refractivity contribution in [2.45, 2.75) is 45.1 Å². The van der Waals surface area contributed by atoms with Crippen LogP contribution in [-0.4, -0.2) is 48.5 Å². The van der Waals surface area contributed by atoms with Gasteiger partial charge in [0.25, 0.3) is 0 Å². The Labute approximate surface area is 122 Å². The molecule has 1 N–H and O–H groups in total. The summed E-state index contributed by atoms with van der Waals surface area (Å²) in [7, 11) is 1.97. The molecule has 1 aliphatic rings. The van der Waals surface area contributed by atoms with Gasteiger partial charge in [-0.3, -0.25) is 4.79 Å². The molecular weight excluding hydrogens is 268 g/mol. The van der Waals surface area contributed by atoms with Crippen molar-refractivity contribution >= 4 is 30.1 Å². The Morgan fingerprint density at radius 2 is 2.00 bits per heavy atom. The maximum absolute atomic E-state index is 12.0. The maximum Gasteiger partial charge on any atom is 0.223 e. The third kappa shape index (κ3) is 6.86. The van der Waals surface area contributed by atoms with Gasteiger partial charge in [0.2, 0.25) is 5.91 Å². The Balaban J connectivity index is 0.00000289. The van der Waals surface area contributed by atoms with E-state index in [1.807, 2.05) is 23.7 Å².